The molecule has 0 aromatic heterocycles. The molecule has 3 amide bonds. The van der Waals surface area contributed by atoms with Crippen molar-refractivity contribution >= 4 is 23.9 Å². The predicted molar refractivity (Wildman–Crippen MR) is 83.9 cm³/mol. The number of para-hydroxylation sites is 1. The lowest BCUT2D eigenvalue weighted by Gasteiger charge is -2.33. The molecule has 1 N–H and O–H groups in total. The number of benzene rings is 1. The second kappa shape index (κ2) is 6.01. The Morgan fingerprint density at radius 1 is 1.23 bits per heavy atom. The Bertz CT molecular complexity index is 808. The minimum absolute atomic E-state index is 0.180. The Hall–Kier alpha value is -3.10. The lowest BCUT2D eigenvalue weighted by molar-refractivity contribution is -0.161. The highest BCUT2D eigenvalue weighted by Crippen LogP contribution is 2.40. The summed E-state index contributed by atoms with van der Waals surface area (Å²) in [6, 6.07) is 6.27. The minimum Gasteiger partial charge on any atom is -0.493 e. The maximum absolute atomic E-state index is 13.0. The summed E-state index contributed by atoms with van der Waals surface area (Å²) in [4.78, 5) is 49.6. The van der Waals surface area contributed by atoms with Crippen LogP contribution in [0.2, 0.25) is 0 Å². The molecule has 2 atom stereocenters. The molecule has 3 aliphatic heterocycles. The molecule has 0 radical (unpaired) electrons. The van der Waals surface area contributed by atoms with Crippen LogP contribution in [0.5, 0.6) is 5.75 Å². The van der Waals surface area contributed by atoms with E-state index in [4.69, 9.17) is 14.2 Å². The van der Waals surface area contributed by atoms with E-state index in [2.05, 4.69) is 5.32 Å². The van der Waals surface area contributed by atoms with E-state index in [0.29, 0.717) is 11.3 Å². The number of carbonyl (C=O) groups is 4. The van der Waals surface area contributed by atoms with E-state index in [1.54, 1.807) is 24.3 Å². The first-order valence-corrected chi connectivity index (χ1v) is 8.24. The zero-order valence-corrected chi connectivity index (χ0v) is 13.7. The quantitative estimate of drug-likeness (QED) is 0.600. The number of cyclic esters (lactones) is 1. The number of imide groups is 1. The van der Waals surface area contributed by atoms with Crippen LogP contribution in [0.25, 0.3) is 0 Å². The molecule has 9 nitrogen and oxygen atoms in total. The van der Waals surface area contributed by atoms with Crippen LogP contribution in [0.4, 0.5) is 4.79 Å². The molecule has 9 heteroatoms. The van der Waals surface area contributed by atoms with Crippen LogP contribution < -0.4 is 10.1 Å². The molecular formula is C17H16N2O7. The highest BCUT2D eigenvalue weighted by atomic mass is 16.6. The van der Waals surface area contributed by atoms with Crippen LogP contribution in [0, 0.1) is 0 Å². The number of fused-ring (bicyclic) bond motifs is 2. The zero-order valence-electron chi connectivity index (χ0n) is 13.7. The number of nitrogens with one attached hydrogen (secondary N) is 1. The molecule has 3 aliphatic rings. The summed E-state index contributed by atoms with van der Waals surface area (Å²) in [5.41, 5.74) is -0.696. The van der Waals surface area contributed by atoms with Gasteiger partial charge in [0.25, 0.3) is 5.91 Å². The van der Waals surface area contributed by atoms with Gasteiger partial charge in [0.1, 0.15) is 12.3 Å². The van der Waals surface area contributed by atoms with E-state index in [1.165, 1.54) is 0 Å². The summed E-state index contributed by atoms with van der Waals surface area (Å²) in [5.74, 6) is -1.48. The fourth-order valence-electron chi connectivity index (χ4n) is 3.42. The Balaban J connectivity index is 1.53. The molecule has 4 rings (SSSR count). The maximum atomic E-state index is 13.0. The lowest BCUT2D eigenvalue weighted by Crippen LogP contribution is -2.47. The average Bonchev–Trinajstić information content (AvgIpc) is 3.12. The van der Waals surface area contributed by atoms with Gasteiger partial charge in [-0.2, -0.15) is 0 Å². The summed E-state index contributed by atoms with van der Waals surface area (Å²) < 4.78 is 15.3. The summed E-state index contributed by atoms with van der Waals surface area (Å²) >= 11 is 0. The van der Waals surface area contributed by atoms with Gasteiger partial charge in [0.15, 0.2) is 5.54 Å². The molecule has 1 spiro atoms. The summed E-state index contributed by atoms with van der Waals surface area (Å²) in [6.45, 7) is -0.131. The van der Waals surface area contributed by atoms with E-state index >= 15 is 0 Å². The van der Waals surface area contributed by atoms with Crippen molar-refractivity contribution < 1.29 is 33.4 Å². The highest BCUT2D eigenvalue weighted by Gasteiger charge is 2.55. The fourth-order valence-corrected chi connectivity index (χ4v) is 3.42. The molecule has 136 valence electrons. The number of carbonyl (C=O) groups excluding carboxylic acids is 4. The predicted octanol–water partition coefficient (Wildman–Crippen LogP) is 0.0749. The molecule has 1 aromatic carbocycles. The average molecular weight is 360 g/mol. The number of rotatable bonds is 3. The SMILES string of the molecule is O=C(CN1C(=O)N[C@@]2(CCOc3ccccc32)C1=O)O[C@@H]1CCOC1=O. The number of amides is 3. The van der Waals surface area contributed by atoms with Crippen LogP contribution in [-0.4, -0.2) is 54.6 Å². The van der Waals surface area contributed by atoms with E-state index in [-0.39, 0.29) is 26.1 Å². The van der Waals surface area contributed by atoms with Gasteiger partial charge in [-0.05, 0) is 6.07 Å². The van der Waals surface area contributed by atoms with Crippen LogP contribution in [0.1, 0.15) is 18.4 Å². The summed E-state index contributed by atoms with van der Waals surface area (Å²) in [5, 5.41) is 2.69. The lowest BCUT2D eigenvalue weighted by atomic mass is 9.84. The fraction of sp³-hybridized carbons (Fsp3) is 0.412. The number of hydrogen-bond acceptors (Lipinski definition) is 7. The van der Waals surface area contributed by atoms with Crippen molar-refractivity contribution in [2.45, 2.75) is 24.5 Å². The van der Waals surface area contributed by atoms with Crippen molar-refractivity contribution in [2.75, 3.05) is 19.8 Å². The third kappa shape index (κ3) is 2.47. The molecule has 0 aliphatic carbocycles. The highest BCUT2D eigenvalue weighted by molar-refractivity contribution is 6.09. The third-order valence-electron chi connectivity index (χ3n) is 4.71. The monoisotopic (exact) mass is 360 g/mol. The largest absolute Gasteiger partial charge is 0.493 e. The van der Waals surface area contributed by atoms with Gasteiger partial charge in [-0.25, -0.2) is 9.59 Å². The van der Waals surface area contributed by atoms with E-state index in [1.807, 2.05) is 0 Å². The summed E-state index contributed by atoms with van der Waals surface area (Å²) in [6.07, 6.45) is -0.463. The Morgan fingerprint density at radius 2 is 2.04 bits per heavy atom. The minimum atomic E-state index is -1.25. The number of esters is 2. The Morgan fingerprint density at radius 3 is 2.81 bits per heavy atom. The topological polar surface area (TPSA) is 111 Å². The van der Waals surface area contributed by atoms with E-state index < -0.39 is 42.1 Å². The van der Waals surface area contributed by atoms with E-state index in [0.717, 1.165) is 4.90 Å². The number of nitrogens with zero attached hydrogens (tertiary/aromatic N) is 1. The Kier molecular flexibility index (Phi) is 3.78. The first-order valence-electron chi connectivity index (χ1n) is 8.24. The zero-order chi connectivity index (χ0) is 18.3. The molecular weight excluding hydrogens is 344 g/mol. The van der Waals surface area contributed by atoms with Gasteiger partial charge < -0.3 is 19.5 Å². The van der Waals surface area contributed by atoms with Crippen molar-refractivity contribution in [3.05, 3.63) is 29.8 Å². The van der Waals surface area contributed by atoms with Crippen molar-refractivity contribution in [2.24, 2.45) is 0 Å². The Labute approximate surface area is 148 Å². The molecule has 0 saturated carbocycles. The van der Waals surface area contributed by atoms with Gasteiger partial charge in [0.05, 0.1) is 13.2 Å². The van der Waals surface area contributed by atoms with Gasteiger partial charge in [-0.1, -0.05) is 18.2 Å². The molecule has 2 fully saturated rings. The van der Waals surface area contributed by atoms with E-state index in [9.17, 15) is 19.2 Å². The third-order valence-corrected chi connectivity index (χ3v) is 4.71. The first-order chi connectivity index (χ1) is 12.5. The van der Waals surface area contributed by atoms with Gasteiger partial charge in [-0.15, -0.1) is 0 Å². The smallest absolute Gasteiger partial charge is 0.347 e. The standard InChI is InChI=1S/C17H16N2O7/c20-13(26-12-5-7-25-14(12)21)9-19-15(22)17(18-16(19)23)6-8-24-11-4-2-1-3-10(11)17/h1-4,12H,5-9H2,(H,18,23)/t12-,17-/m1/s1. The van der Waals surface area contributed by atoms with Gasteiger partial charge in [0, 0.05) is 18.4 Å². The second-order valence-electron chi connectivity index (χ2n) is 6.26. The normalized spacial score (nSPS) is 27.0. The van der Waals surface area contributed by atoms with Crippen LogP contribution in [0.15, 0.2) is 24.3 Å². The van der Waals surface area contributed by atoms with Gasteiger partial charge in [0.2, 0.25) is 6.10 Å². The number of ether oxygens (including phenoxy) is 3. The van der Waals surface area contributed by atoms with Gasteiger partial charge >= 0.3 is 18.0 Å². The van der Waals surface area contributed by atoms with Crippen molar-refractivity contribution in [3.8, 4) is 5.75 Å². The molecule has 0 bridgehead atoms. The number of hydrogen-bond donors (Lipinski definition) is 1. The molecule has 2 saturated heterocycles. The van der Waals surface area contributed by atoms with Gasteiger partial charge in [-0.3, -0.25) is 14.5 Å². The molecule has 1 aromatic rings. The summed E-state index contributed by atoms with van der Waals surface area (Å²) in [7, 11) is 0. The maximum Gasteiger partial charge on any atom is 0.347 e. The molecule has 0 unspecified atom stereocenters. The van der Waals surface area contributed by atoms with Crippen LogP contribution in [-0.2, 0) is 29.4 Å². The van der Waals surface area contributed by atoms with Crippen molar-refractivity contribution in [1.29, 1.82) is 0 Å². The first kappa shape index (κ1) is 16.4. The van der Waals surface area contributed by atoms with Crippen LogP contribution in [0.3, 0.4) is 0 Å². The van der Waals surface area contributed by atoms with Crippen LogP contribution >= 0.6 is 0 Å². The molecule has 3 heterocycles. The van der Waals surface area contributed by atoms with Crippen molar-refractivity contribution in [1.82, 2.24) is 10.2 Å². The second-order valence-corrected chi connectivity index (χ2v) is 6.26. The number of urea groups is 1. The van der Waals surface area contributed by atoms with Crippen molar-refractivity contribution in [3.63, 3.8) is 0 Å². The molecule has 26 heavy (non-hydrogen) atoms.